The van der Waals surface area contributed by atoms with E-state index in [-0.39, 0.29) is 19.1 Å². The summed E-state index contributed by atoms with van der Waals surface area (Å²) in [6.07, 6.45) is 0. The van der Waals surface area contributed by atoms with Crippen molar-refractivity contribution in [1.82, 2.24) is 15.0 Å². The molecule has 0 unspecified atom stereocenters. The number of ether oxygens (including phenoxy) is 1. The van der Waals surface area contributed by atoms with E-state index in [1.54, 1.807) is 7.05 Å². The van der Waals surface area contributed by atoms with E-state index in [1.165, 1.54) is 4.90 Å². The maximum Gasteiger partial charge on any atom is 0.260 e. The number of likely N-dealkylation sites (N-methyl/N-ethyl adjacent to an activating group) is 1. The van der Waals surface area contributed by atoms with Crippen LogP contribution in [0.25, 0.3) is 11.4 Å². The van der Waals surface area contributed by atoms with Crippen LogP contribution in [0.3, 0.4) is 0 Å². The van der Waals surface area contributed by atoms with Crippen molar-refractivity contribution >= 4 is 17.5 Å². The molecule has 0 atom stereocenters. The molecule has 1 heterocycles. The zero-order valence-electron chi connectivity index (χ0n) is 16.3. The van der Waals surface area contributed by atoms with Gasteiger partial charge in [-0.2, -0.15) is 4.98 Å². The Morgan fingerprint density at radius 2 is 1.79 bits per heavy atom. The summed E-state index contributed by atoms with van der Waals surface area (Å²) in [5.41, 5.74) is 3.84. The van der Waals surface area contributed by atoms with E-state index < -0.39 is 0 Å². The van der Waals surface area contributed by atoms with Gasteiger partial charge in [0.15, 0.2) is 6.61 Å². The van der Waals surface area contributed by atoms with Gasteiger partial charge in [-0.3, -0.25) is 4.79 Å². The zero-order chi connectivity index (χ0) is 20.3. The first-order chi connectivity index (χ1) is 13.3. The molecule has 28 heavy (non-hydrogen) atoms. The SMILES string of the molecule is Cc1ccc(-c2noc(CN(C)C(=O)COc3cc(C)c(Cl)c(C)c3)n2)cc1. The first-order valence-electron chi connectivity index (χ1n) is 8.86. The van der Waals surface area contributed by atoms with Crippen LogP contribution in [0.2, 0.25) is 5.02 Å². The Morgan fingerprint density at radius 1 is 1.14 bits per heavy atom. The van der Waals surface area contributed by atoms with Gasteiger partial charge in [0.2, 0.25) is 11.7 Å². The number of hydrogen-bond donors (Lipinski definition) is 0. The second-order valence-corrected chi connectivity index (χ2v) is 7.17. The lowest BCUT2D eigenvalue weighted by atomic mass is 10.1. The highest BCUT2D eigenvalue weighted by Gasteiger charge is 2.16. The molecule has 0 spiro atoms. The first kappa shape index (κ1) is 19.9. The summed E-state index contributed by atoms with van der Waals surface area (Å²) in [6.45, 7) is 5.94. The van der Waals surface area contributed by atoms with E-state index in [9.17, 15) is 4.79 Å². The summed E-state index contributed by atoms with van der Waals surface area (Å²) in [7, 11) is 1.67. The Bertz CT molecular complexity index is 960. The number of halogens is 1. The molecule has 0 radical (unpaired) electrons. The third kappa shape index (κ3) is 4.70. The third-order valence-electron chi connectivity index (χ3n) is 4.35. The largest absolute Gasteiger partial charge is 0.484 e. The maximum atomic E-state index is 12.4. The highest BCUT2D eigenvalue weighted by molar-refractivity contribution is 6.32. The molecule has 3 rings (SSSR count). The molecule has 0 aliphatic carbocycles. The molecule has 1 aromatic heterocycles. The molecule has 7 heteroatoms. The van der Waals surface area contributed by atoms with Crippen LogP contribution in [0, 0.1) is 20.8 Å². The van der Waals surface area contributed by atoms with Gasteiger partial charge in [-0.1, -0.05) is 46.6 Å². The summed E-state index contributed by atoms with van der Waals surface area (Å²) in [4.78, 5) is 18.2. The first-order valence-corrected chi connectivity index (χ1v) is 9.24. The van der Waals surface area contributed by atoms with Crippen molar-refractivity contribution in [2.45, 2.75) is 27.3 Å². The smallest absolute Gasteiger partial charge is 0.260 e. The highest BCUT2D eigenvalue weighted by Crippen LogP contribution is 2.26. The number of hydrogen-bond acceptors (Lipinski definition) is 5. The normalized spacial score (nSPS) is 10.8. The molecule has 0 saturated heterocycles. The van der Waals surface area contributed by atoms with E-state index >= 15 is 0 Å². The van der Waals surface area contributed by atoms with Crippen LogP contribution < -0.4 is 4.74 Å². The minimum absolute atomic E-state index is 0.0873. The number of amides is 1. The average Bonchev–Trinajstić information content (AvgIpc) is 3.13. The molecule has 0 aliphatic rings. The molecule has 0 saturated carbocycles. The van der Waals surface area contributed by atoms with Crippen LogP contribution in [0.15, 0.2) is 40.9 Å². The van der Waals surface area contributed by atoms with Crippen LogP contribution in [0.1, 0.15) is 22.6 Å². The van der Waals surface area contributed by atoms with Gasteiger partial charge >= 0.3 is 0 Å². The Balaban J connectivity index is 1.58. The van der Waals surface area contributed by atoms with Crippen molar-refractivity contribution in [3.63, 3.8) is 0 Å². The van der Waals surface area contributed by atoms with Crippen molar-refractivity contribution in [3.05, 3.63) is 64.0 Å². The monoisotopic (exact) mass is 399 g/mol. The quantitative estimate of drug-likeness (QED) is 0.616. The fraction of sp³-hybridized carbons (Fsp3) is 0.286. The van der Waals surface area contributed by atoms with Crippen molar-refractivity contribution in [2.24, 2.45) is 0 Å². The van der Waals surface area contributed by atoms with Gasteiger partial charge in [-0.05, 0) is 44.0 Å². The fourth-order valence-electron chi connectivity index (χ4n) is 2.67. The standard InChI is InChI=1S/C21H22ClN3O3/c1-13-5-7-16(8-6-13)21-23-18(28-24-21)11-25(4)19(26)12-27-17-9-14(2)20(22)15(3)10-17/h5-10H,11-12H2,1-4H3. The number of nitrogens with zero attached hydrogens (tertiary/aromatic N) is 3. The second kappa shape index (κ2) is 8.44. The van der Waals surface area contributed by atoms with Crippen LogP contribution in [0.4, 0.5) is 0 Å². The Kier molecular flexibility index (Phi) is 5.99. The van der Waals surface area contributed by atoms with Gasteiger partial charge in [0, 0.05) is 17.6 Å². The van der Waals surface area contributed by atoms with Crippen LogP contribution in [0.5, 0.6) is 5.75 Å². The lowest BCUT2D eigenvalue weighted by Gasteiger charge is -2.16. The topological polar surface area (TPSA) is 68.5 Å². The van der Waals surface area contributed by atoms with E-state index in [4.69, 9.17) is 20.9 Å². The molecule has 146 valence electrons. The Morgan fingerprint density at radius 3 is 2.43 bits per heavy atom. The molecule has 3 aromatic rings. The van der Waals surface area contributed by atoms with Crippen molar-refractivity contribution in [1.29, 1.82) is 0 Å². The van der Waals surface area contributed by atoms with Crippen LogP contribution in [-0.4, -0.2) is 34.6 Å². The Hall–Kier alpha value is -2.86. The fourth-order valence-corrected chi connectivity index (χ4v) is 2.78. The number of rotatable bonds is 6. The minimum atomic E-state index is -0.194. The minimum Gasteiger partial charge on any atom is -0.484 e. The zero-order valence-corrected chi connectivity index (χ0v) is 17.1. The molecule has 0 bridgehead atoms. The van der Waals surface area contributed by atoms with Crippen molar-refractivity contribution < 1.29 is 14.1 Å². The lowest BCUT2D eigenvalue weighted by molar-refractivity contribution is -0.132. The van der Waals surface area contributed by atoms with Crippen LogP contribution in [-0.2, 0) is 11.3 Å². The summed E-state index contributed by atoms with van der Waals surface area (Å²) in [6, 6.07) is 11.5. The molecular formula is C21H22ClN3O3. The van der Waals surface area contributed by atoms with Gasteiger partial charge < -0.3 is 14.2 Å². The number of aryl methyl sites for hydroxylation is 3. The summed E-state index contributed by atoms with van der Waals surface area (Å²) < 4.78 is 10.9. The molecule has 0 fully saturated rings. The van der Waals surface area contributed by atoms with Gasteiger partial charge in [0.25, 0.3) is 5.91 Å². The molecule has 1 amide bonds. The predicted molar refractivity (Wildman–Crippen MR) is 107 cm³/mol. The van der Waals surface area contributed by atoms with Gasteiger partial charge in [0.1, 0.15) is 5.75 Å². The summed E-state index contributed by atoms with van der Waals surface area (Å²) in [5.74, 6) is 1.28. The third-order valence-corrected chi connectivity index (χ3v) is 4.94. The van der Waals surface area contributed by atoms with E-state index in [1.807, 2.05) is 57.2 Å². The number of carbonyl (C=O) groups excluding carboxylic acids is 1. The highest BCUT2D eigenvalue weighted by atomic mass is 35.5. The Labute approximate surface area is 169 Å². The van der Waals surface area contributed by atoms with Crippen molar-refractivity contribution in [3.8, 4) is 17.1 Å². The lowest BCUT2D eigenvalue weighted by Crippen LogP contribution is -2.31. The predicted octanol–water partition coefficient (Wildman–Crippen LogP) is 4.35. The second-order valence-electron chi connectivity index (χ2n) is 6.79. The molecule has 0 N–H and O–H groups in total. The number of aromatic nitrogens is 2. The van der Waals surface area contributed by atoms with Gasteiger partial charge in [-0.15, -0.1) is 0 Å². The summed E-state index contributed by atoms with van der Waals surface area (Å²) in [5, 5.41) is 4.69. The van der Waals surface area contributed by atoms with Crippen molar-refractivity contribution in [2.75, 3.05) is 13.7 Å². The van der Waals surface area contributed by atoms with Crippen LogP contribution >= 0.6 is 11.6 Å². The van der Waals surface area contributed by atoms with Gasteiger partial charge in [0.05, 0.1) is 6.54 Å². The number of benzene rings is 2. The number of carbonyl (C=O) groups is 1. The average molecular weight is 400 g/mol. The molecular weight excluding hydrogens is 378 g/mol. The van der Waals surface area contributed by atoms with Gasteiger partial charge in [-0.25, -0.2) is 0 Å². The van der Waals surface area contributed by atoms with E-state index in [0.29, 0.717) is 22.5 Å². The van der Waals surface area contributed by atoms with E-state index in [2.05, 4.69) is 10.1 Å². The maximum absolute atomic E-state index is 12.4. The molecule has 6 nitrogen and oxygen atoms in total. The molecule has 2 aromatic carbocycles. The summed E-state index contributed by atoms with van der Waals surface area (Å²) >= 11 is 6.15. The molecule has 0 aliphatic heterocycles. The van der Waals surface area contributed by atoms with E-state index in [0.717, 1.165) is 22.3 Å².